The Balaban J connectivity index is 1.65. The van der Waals surface area contributed by atoms with Gasteiger partial charge in [-0.1, -0.05) is 12.1 Å². The highest BCUT2D eigenvalue weighted by Crippen LogP contribution is 2.29. The van der Waals surface area contributed by atoms with Gasteiger partial charge in [0.05, 0.1) is 18.8 Å². The molecule has 2 aliphatic heterocycles. The largest absolute Gasteiger partial charge is 0.386 e. The second-order valence-electron chi connectivity index (χ2n) is 6.78. The Kier molecular flexibility index (Phi) is 5.14. The number of nitrogens with zero attached hydrogens (tertiary/aromatic N) is 1. The maximum Gasteiger partial charge on any atom is 0.250 e. The SMILES string of the molecule is C=CC[S@](=O)C[C@@H](O)C[NH+]1C[C@H]2C[C@@H](C1)c1cccc(=O)n1C2. The molecule has 2 N–H and O–H groups in total. The lowest BCUT2D eigenvalue weighted by Crippen LogP contribution is -3.15. The van der Waals surface area contributed by atoms with Crippen LogP contribution in [0.3, 0.4) is 0 Å². The Morgan fingerprint density at radius 3 is 3.09 bits per heavy atom. The van der Waals surface area contributed by atoms with E-state index in [2.05, 4.69) is 12.6 Å². The maximum absolute atomic E-state index is 12.0. The van der Waals surface area contributed by atoms with Crippen molar-refractivity contribution in [2.24, 2.45) is 5.92 Å². The highest BCUT2D eigenvalue weighted by Gasteiger charge is 2.37. The van der Waals surface area contributed by atoms with Gasteiger partial charge in [-0.25, -0.2) is 0 Å². The Labute approximate surface area is 139 Å². The minimum Gasteiger partial charge on any atom is -0.386 e. The summed E-state index contributed by atoms with van der Waals surface area (Å²) in [4.78, 5) is 13.4. The van der Waals surface area contributed by atoms with Gasteiger partial charge in [0.1, 0.15) is 12.6 Å². The quantitative estimate of drug-likeness (QED) is 0.665. The molecule has 1 aromatic rings. The molecular formula is C17H25N2O3S+. The van der Waals surface area contributed by atoms with Gasteiger partial charge in [0, 0.05) is 46.7 Å². The van der Waals surface area contributed by atoms with Gasteiger partial charge in [0.15, 0.2) is 0 Å². The summed E-state index contributed by atoms with van der Waals surface area (Å²) >= 11 is 0. The number of pyridine rings is 1. The van der Waals surface area contributed by atoms with Crippen LogP contribution in [-0.2, 0) is 17.3 Å². The van der Waals surface area contributed by atoms with Crippen LogP contribution in [0.25, 0.3) is 0 Å². The van der Waals surface area contributed by atoms with Gasteiger partial charge >= 0.3 is 0 Å². The average molecular weight is 337 g/mol. The van der Waals surface area contributed by atoms with E-state index in [1.807, 2.05) is 10.6 Å². The van der Waals surface area contributed by atoms with E-state index in [1.165, 1.54) is 4.90 Å². The number of nitrogens with one attached hydrogen (secondary N) is 1. The summed E-state index contributed by atoms with van der Waals surface area (Å²) in [6, 6.07) is 5.53. The maximum atomic E-state index is 12.0. The molecule has 3 heterocycles. The second-order valence-corrected chi connectivity index (χ2v) is 8.32. The van der Waals surface area contributed by atoms with Crippen molar-refractivity contribution in [1.82, 2.24) is 4.57 Å². The molecule has 1 fully saturated rings. The number of hydrogen-bond donors (Lipinski definition) is 2. The Morgan fingerprint density at radius 1 is 1.48 bits per heavy atom. The molecule has 1 aromatic heterocycles. The lowest BCUT2D eigenvalue weighted by Gasteiger charge is -2.40. The first kappa shape index (κ1) is 16.6. The Morgan fingerprint density at radius 2 is 2.30 bits per heavy atom. The summed E-state index contributed by atoms with van der Waals surface area (Å²) in [6.45, 7) is 6.91. The van der Waals surface area contributed by atoms with Crippen molar-refractivity contribution in [3.05, 3.63) is 46.9 Å². The average Bonchev–Trinajstić information content (AvgIpc) is 2.48. The van der Waals surface area contributed by atoms with Crippen molar-refractivity contribution in [3.63, 3.8) is 0 Å². The standard InChI is InChI=1S/C17H24N2O3S/c1-2-6-23(22)12-15(20)11-18-8-13-7-14(10-18)16-4-3-5-17(21)19(16)9-13/h2-5,13-15,20H,1,6-12H2/p+1/t13-,14+,15+,23+/m1/s1. The molecule has 0 saturated carbocycles. The number of rotatable bonds is 6. The number of likely N-dealkylation sites (tertiary alicyclic amines) is 1. The summed E-state index contributed by atoms with van der Waals surface area (Å²) in [6.07, 6.45) is 2.23. The third-order valence-corrected chi connectivity index (χ3v) is 6.24. The molecule has 2 bridgehead atoms. The van der Waals surface area contributed by atoms with Crippen molar-refractivity contribution >= 4 is 10.8 Å². The minimum atomic E-state index is -1.03. The number of aliphatic hydroxyl groups excluding tert-OH is 1. The molecule has 0 amide bonds. The van der Waals surface area contributed by atoms with Crippen molar-refractivity contribution in [3.8, 4) is 0 Å². The molecule has 126 valence electrons. The van der Waals surface area contributed by atoms with Gasteiger partial charge in [-0.05, 0) is 12.5 Å². The van der Waals surface area contributed by atoms with E-state index >= 15 is 0 Å². The van der Waals surface area contributed by atoms with Crippen LogP contribution in [0.4, 0.5) is 0 Å². The van der Waals surface area contributed by atoms with Gasteiger partial charge in [-0.2, -0.15) is 0 Å². The molecular weight excluding hydrogens is 312 g/mol. The van der Waals surface area contributed by atoms with E-state index < -0.39 is 16.9 Å². The van der Waals surface area contributed by atoms with E-state index in [0.29, 0.717) is 29.9 Å². The second kappa shape index (κ2) is 7.11. The molecule has 0 spiro atoms. The third kappa shape index (κ3) is 3.82. The van der Waals surface area contributed by atoms with Crippen LogP contribution in [0.5, 0.6) is 0 Å². The number of fused-ring (bicyclic) bond motifs is 4. The minimum absolute atomic E-state index is 0.0977. The molecule has 5 nitrogen and oxygen atoms in total. The monoisotopic (exact) mass is 337 g/mol. The molecule has 6 heteroatoms. The molecule has 0 aliphatic carbocycles. The summed E-state index contributed by atoms with van der Waals surface area (Å²) in [5.41, 5.74) is 1.23. The van der Waals surface area contributed by atoms with Crippen LogP contribution < -0.4 is 10.5 Å². The van der Waals surface area contributed by atoms with Gasteiger partial charge in [0.25, 0.3) is 5.56 Å². The third-order valence-electron chi connectivity index (χ3n) is 4.88. The van der Waals surface area contributed by atoms with Crippen LogP contribution in [-0.4, -0.2) is 51.1 Å². The first-order valence-electron chi connectivity index (χ1n) is 8.24. The summed E-state index contributed by atoms with van der Waals surface area (Å²) in [5.74, 6) is 1.63. The van der Waals surface area contributed by atoms with E-state index in [4.69, 9.17) is 0 Å². The topological polar surface area (TPSA) is 63.7 Å². The van der Waals surface area contributed by atoms with Crippen molar-refractivity contribution in [2.45, 2.75) is 25.0 Å². The first-order valence-corrected chi connectivity index (χ1v) is 9.73. The summed E-state index contributed by atoms with van der Waals surface area (Å²) < 4.78 is 13.6. The zero-order chi connectivity index (χ0) is 16.4. The van der Waals surface area contributed by atoms with E-state index in [-0.39, 0.29) is 5.56 Å². The highest BCUT2D eigenvalue weighted by atomic mass is 32.2. The first-order chi connectivity index (χ1) is 11.1. The van der Waals surface area contributed by atoms with Crippen molar-refractivity contribution in [1.29, 1.82) is 0 Å². The zero-order valence-corrected chi connectivity index (χ0v) is 14.1. The lowest BCUT2D eigenvalue weighted by molar-refractivity contribution is -0.913. The number of aromatic nitrogens is 1. The van der Waals surface area contributed by atoms with Crippen LogP contribution in [0.2, 0.25) is 0 Å². The number of hydrogen-bond acceptors (Lipinski definition) is 3. The Bertz CT molecular complexity index is 657. The normalized spacial score (nSPS) is 28.7. The highest BCUT2D eigenvalue weighted by molar-refractivity contribution is 7.85. The van der Waals surface area contributed by atoms with Crippen LogP contribution >= 0.6 is 0 Å². The van der Waals surface area contributed by atoms with Gasteiger partial charge in [0.2, 0.25) is 0 Å². The number of quaternary nitrogens is 1. The van der Waals surface area contributed by atoms with Crippen molar-refractivity contribution < 1.29 is 14.2 Å². The smallest absolute Gasteiger partial charge is 0.250 e. The predicted molar refractivity (Wildman–Crippen MR) is 91.2 cm³/mol. The molecule has 0 radical (unpaired) electrons. The molecule has 1 unspecified atom stereocenters. The molecule has 23 heavy (non-hydrogen) atoms. The summed E-state index contributed by atoms with van der Waals surface area (Å²) in [5, 5.41) is 10.2. The van der Waals surface area contributed by atoms with Crippen LogP contribution in [0, 0.1) is 5.92 Å². The molecule has 2 aliphatic rings. The van der Waals surface area contributed by atoms with Crippen molar-refractivity contribution in [2.75, 3.05) is 31.1 Å². The Hall–Kier alpha value is -1.24. The predicted octanol–water partition coefficient (Wildman–Crippen LogP) is -0.854. The number of piperidine rings is 1. The molecule has 0 aromatic carbocycles. The fourth-order valence-corrected chi connectivity index (χ4v) is 5.04. The fraction of sp³-hybridized carbons (Fsp3) is 0.588. The lowest BCUT2D eigenvalue weighted by atomic mass is 9.83. The summed E-state index contributed by atoms with van der Waals surface area (Å²) in [7, 11) is -1.03. The van der Waals surface area contributed by atoms with Gasteiger partial charge in [-0.3, -0.25) is 9.00 Å². The molecule has 5 atom stereocenters. The number of aliphatic hydroxyl groups is 1. The fourth-order valence-electron chi connectivity index (χ4n) is 4.09. The van der Waals surface area contributed by atoms with E-state index in [0.717, 1.165) is 31.7 Å². The van der Waals surface area contributed by atoms with Crippen LogP contribution in [0.15, 0.2) is 35.6 Å². The van der Waals surface area contributed by atoms with Crippen LogP contribution in [0.1, 0.15) is 18.0 Å². The van der Waals surface area contributed by atoms with E-state index in [9.17, 15) is 14.1 Å². The van der Waals surface area contributed by atoms with E-state index in [1.54, 1.807) is 12.1 Å². The van der Waals surface area contributed by atoms with Gasteiger partial charge in [-0.15, -0.1) is 6.58 Å². The molecule has 1 saturated heterocycles. The molecule has 3 rings (SSSR count). The van der Waals surface area contributed by atoms with Gasteiger partial charge < -0.3 is 14.6 Å². The zero-order valence-electron chi connectivity index (χ0n) is 13.3.